The normalized spacial score (nSPS) is 25.4. The maximum Gasteiger partial charge on any atom is 0.240 e. The van der Waals surface area contributed by atoms with E-state index in [4.69, 9.17) is 4.74 Å². The molecule has 1 fully saturated rings. The van der Waals surface area contributed by atoms with Gasteiger partial charge in [-0.2, -0.15) is 0 Å². The van der Waals surface area contributed by atoms with E-state index in [-0.39, 0.29) is 11.9 Å². The third-order valence-corrected chi connectivity index (χ3v) is 4.51. The van der Waals surface area contributed by atoms with Crippen LogP contribution in [-0.4, -0.2) is 36.5 Å². The van der Waals surface area contributed by atoms with Crippen LogP contribution in [0.3, 0.4) is 0 Å². The number of hydrogen-bond acceptors (Lipinski definition) is 3. The van der Waals surface area contributed by atoms with Gasteiger partial charge in [-0.3, -0.25) is 4.79 Å². The lowest BCUT2D eigenvalue weighted by Gasteiger charge is -2.31. The third-order valence-electron chi connectivity index (χ3n) is 4.51. The van der Waals surface area contributed by atoms with E-state index in [2.05, 4.69) is 24.4 Å². The molecule has 4 nitrogen and oxygen atoms in total. The van der Waals surface area contributed by atoms with Gasteiger partial charge in [-0.1, -0.05) is 6.07 Å². The number of nitrogens with one attached hydrogen (secondary N) is 1. The molecule has 0 saturated carbocycles. The van der Waals surface area contributed by atoms with Crippen molar-refractivity contribution < 1.29 is 9.53 Å². The van der Waals surface area contributed by atoms with Crippen LogP contribution in [0, 0.1) is 0 Å². The number of benzene rings is 1. The summed E-state index contributed by atoms with van der Waals surface area (Å²) >= 11 is 0. The number of carbonyl (C=O) groups excluding carboxylic acids is 1. The number of nitrogens with zero attached hydrogens (tertiary/aromatic N) is 1. The van der Waals surface area contributed by atoms with E-state index in [0.717, 1.165) is 38.1 Å². The summed E-state index contributed by atoms with van der Waals surface area (Å²) in [7, 11) is 1.68. The second-order valence-electron chi connectivity index (χ2n) is 5.80. The Hall–Kier alpha value is -1.55. The van der Waals surface area contributed by atoms with Gasteiger partial charge in [0.15, 0.2) is 0 Å². The highest BCUT2D eigenvalue weighted by atomic mass is 16.5. The quantitative estimate of drug-likeness (QED) is 0.893. The highest BCUT2D eigenvalue weighted by Gasteiger charge is 2.32. The van der Waals surface area contributed by atoms with Crippen molar-refractivity contribution in [1.82, 2.24) is 10.2 Å². The van der Waals surface area contributed by atoms with E-state index in [1.54, 1.807) is 7.11 Å². The molecule has 1 unspecified atom stereocenters. The van der Waals surface area contributed by atoms with Gasteiger partial charge in [0.25, 0.3) is 0 Å². The predicted molar refractivity (Wildman–Crippen MR) is 77.7 cm³/mol. The molecule has 108 valence electrons. The summed E-state index contributed by atoms with van der Waals surface area (Å²) in [6.07, 6.45) is 3.04. The van der Waals surface area contributed by atoms with Crippen molar-refractivity contribution >= 4 is 5.91 Å². The molecule has 2 aliphatic heterocycles. The summed E-state index contributed by atoms with van der Waals surface area (Å²) in [5.41, 5.74) is 2.50. The topological polar surface area (TPSA) is 41.6 Å². The Balaban J connectivity index is 1.73. The smallest absolute Gasteiger partial charge is 0.240 e. The molecule has 3 rings (SSSR count). The summed E-state index contributed by atoms with van der Waals surface area (Å²) in [5, 5.41) is 3.38. The number of rotatable bonds is 2. The fraction of sp³-hybridized carbons (Fsp3) is 0.562. The standard InChI is InChI=1S/C16H22N2O2/c1-11-4-3-7-18(11)16(19)15-9-12-5-6-14(20-2)8-13(12)10-17-15/h5-6,8,11,15,17H,3-4,7,9-10H2,1-2H3/t11?,15-/m0/s1. The molecule has 1 N–H and O–H groups in total. The lowest BCUT2D eigenvalue weighted by Crippen LogP contribution is -2.50. The molecule has 4 heteroatoms. The summed E-state index contributed by atoms with van der Waals surface area (Å²) in [5.74, 6) is 1.14. The Morgan fingerprint density at radius 1 is 1.40 bits per heavy atom. The zero-order chi connectivity index (χ0) is 14.1. The van der Waals surface area contributed by atoms with Gasteiger partial charge in [-0.05, 0) is 49.4 Å². The first-order valence-corrected chi connectivity index (χ1v) is 7.38. The second-order valence-corrected chi connectivity index (χ2v) is 5.80. The average Bonchev–Trinajstić information content (AvgIpc) is 2.91. The van der Waals surface area contributed by atoms with Crippen LogP contribution in [0.1, 0.15) is 30.9 Å². The van der Waals surface area contributed by atoms with E-state index in [0.29, 0.717) is 6.04 Å². The Bertz CT molecular complexity index is 515. The average molecular weight is 274 g/mol. The zero-order valence-corrected chi connectivity index (χ0v) is 12.2. The molecule has 1 saturated heterocycles. The molecule has 1 amide bonds. The molecule has 20 heavy (non-hydrogen) atoms. The van der Waals surface area contributed by atoms with Gasteiger partial charge in [0.2, 0.25) is 5.91 Å². The first-order chi connectivity index (χ1) is 9.69. The van der Waals surface area contributed by atoms with Gasteiger partial charge in [0.05, 0.1) is 13.2 Å². The van der Waals surface area contributed by atoms with Crippen LogP contribution in [-0.2, 0) is 17.8 Å². The van der Waals surface area contributed by atoms with Crippen LogP contribution < -0.4 is 10.1 Å². The van der Waals surface area contributed by atoms with Crippen LogP contribution in [0.2, 0.25) is 0 Å². The number of fused-ring (bicyclic) bond motifs is 1. The highest BCUT2D eigenvalue weighted by molar-refractivity contribution is 5.83. The number of likely N-dealkylation sites (tertiary alicyclic amines) is 1. The van der Waals surface area contributed by atoms with Crippen molar-refractivity contribution in [1.29, 1.82) is 0 Å². The summed E-state index contributed by atoms with van der Waals surface area (Å²) in [6.45, 7) is 3.80. The Morgan fingerprint density at radius 2 is 2.25 bits per heavy atom. The molecule has 0 aromatic heterocycles. The van der Waals surface area contributed by atoms with Crippen molar-refractivity contribution in [3.8, 4) is 5.75 Å². The van der Waals surface area contributed by atoms with Gasteiger partial charge in [0, 0.05) is 19.1 Å². The molecule has 1 aromatic carbocycles. The van der Waals surface area contributed by atoms with E-state index in [1.165, 1.54) is 11.1 Å². The monoisotopic (exact) mass is 274 g/mol. The van der Waals surface area contributed by atoms with Gasteiger partial charge in [-0.15, -0.1) is 0 Å². The minimum absolute atomic E-state index is 0.0727. The molecule has 0 radical (unpaired) electrons. The molecule has 1 aromatic rings. The molecule has 2 heterocycles. The molecule has 0 bridgehead atoms. The third kappa shape index (κ3) is 2.40. The Labute approximate surface area is 120 Å². The van der Waals surface area contributed by atoms with Gasteiger partial charge in [0.1, 0.15) is 5.75 Å². The molecular weight excluding hydrogens is 252 g/mol. The Kier molecular flexibility index (Phi) is 3.66. The summed E-state index contributed by atoms with van der Waals surface area (Å²) in [4.78, 5) is 14.6. The van der Waals surface area contributed by atoms with Crippen molar-refractivity contribution in [3.05, 3.63) is 29.3 Å². The van der Waals surface area contributed by atoms with Crippen molar-refractivity contribution in [3.63, 3.8) is 0 Å². The van der Waals surface area contributed by atoms with E-state index < -0.39 is 0 Å². The van der Waals surface area contributed by atoms with Gasteiger partial charge < -0.3 is 15.0 Å². The van der Waals surface area contributed by atoms with Crippen molar-refractivity contribution in [2.24, 2.45) is 0 Å². The number of methoxy groups -OCH3 is 1. The largest absolute Gasteiger partial charge is 0.497 e. The van der Waals surface area contributed by atoms with Crippen LogP contribution >= 0.6 is 0 Å². The maximum absolute atomic E-state index is 12.6. The fourth-order valence-corrected chi connectivity index (χ4v) is 3.25. The van der Waals surface area contributed by atoms with E-state index in [1.807, 2.05) is 11.0 Å². The summed E-state index contributed by atoms with van der Waals surface area (Å²) in [6, 6.07) is 6.44. The molecule has 0 spiro atoms. The van der Waals surface area contributed by atoms with Crippen molar-refractivity contribution in [2.45, 2.75) is 44.8 Å². The van der Waals surface area contributed by atoms with Crippen LogP contribution in [0.4, 0.5) is 0 Å². The lowest BCUT2D eigenvalue weighted by atomic mass is 9.94. The minimum Gasteiger partial charge on any atom is -0.497 e. The van der Waals surface area contributed by atoms with Crippen molar-refractivity contribution in [2.75, 3.05) is 13.7 Å². The number of carbonyl (C=O) groups is 1. The van der Waals surface area contributed by atoms with Crippen LogP contribution in [0.15, 0.2) is 18.2 Å². The summed E-state index contributed by atoms with van der Waals surface area (Å²) < 4.78 is 5.25. The first kappa shape index (κ1) is 13.4. The van der Waals surface area contributed by atoms with Gasteiger partial charge in [-0.25, -0.2) is 0 Å². The molecule has 2 aliphatic rings. The fourth-order valence-electron chi connectivity index (χ4n) is 3.25. The maximum atomic E-state index is 12.6. The SMILES string of the molecule is COc1ccc2c(c1)CN[C@H](C(=O)N1CCCC1C)C2. The van der Waals surface area contributed by atoms with Crippen LogP contribution in [0.5, 0.6) is 5.75 Å². The zero-order valence-electron chi connectivity index (χ0n) is 12.2. The first-order valence-electron chi connectivity index (χ1n) is 7.38. The predicted octanol–water partition coefficient (Wildman–Crippen LogP) is 1.72. The highest BCUT2D eigenvalue weighted by Crippen LogP contribution is 2.24. The molecule has 0 aliphatic carbocycles. The lowest BCUT2D eigenvalue weighted by molar-refractivity contribution is -0.134. The number of amides is 1. The minimum atomic E-state index is -0.0727. The van der Waals surface area contributed by atoms with E-state index >= 15 is 0 Å². The van der Waals surface area contributed by atoms with Crippen LogP contribution in [0.25, 0.3) is 0 Å². The Morgan fingerprint density at radius 3 is 2.95 bits per heavy atom. The second kappa shape index (κ2) is 5.44. The van der Waals surface area contributed by atoms with E-state index in [9.17, 15) is 4.79 Å². The van der Waals surface area contributed by atoms with Gasteiger partial charge >= 0.3 is 0 Å². The molecular formula is C16H22N2O2. The number of ether oxygens (including phenoxy) is 1. The number of hydrogen-bond donors (Lipinski definition) is 1. The molecule has 2 atom stereocenters.